The van der Waals surface area contributed by atoms with Gasteiger partial charge >= 0.3 is 0 Å². The Morgan fingerprint density at radius 1 is 1.10 bits per heavy atom. The van der Waals surface area contributed by atoms with E-state index in [4.69, 9.17) is 5.73 Å². The van der Waals surface area contributed by atoms with Crippen molar-refractivity contribution in [3.63, 3.8) is 0 Å². The van der Waals surface area contributed by atoms with Gasteiger partial charge in [-0.25, -0.2) is 14.4 Å². The van der Waals surface area contributed by atoms with Gasteiger partial charge in [-0.15, -0.1) is 0 Å². The SMILES string of the molecule is Cc1nc(N)c(-c2ccc(F)cc2)c(C2CCCC2)n1. The van der Waals surface area contributed by atoms with Gasteiger partial charge in [-0.1, -0.05) is 25.0 Å². The zero-order valence-corrected chi connectivity index (χ0v) is 11.6. The molecule has 0 aliphatic heterocycles. The topological polar surface area (TPSA) is 51.8 Å². The van der Waals surface area contributed by atoms with Gasteiger partial charge in [0.05, 0.1) is 5.69 Å². The Bertz CT molecular complexity index is 616. The van der Waals surface area contributed by atoms with E-state index < -0.39 is 0 Å². The minimum absolute atomic E-state index is 0.247. The molecule has 1 aliphatic rings. The molecule has 0 amide bonds. The van der Waals surface area contributed by atoms with Gasteiger partial charge in [-0.05, 0) is 37.5 Å². The van der Waals surface area contributed by atoms with Crippen molar-refractivity contribution in [3.05, 3.63) is 41.6 Å². The number of benzene rings is 1. The Hall–Kier alpha value is -1.97. The molecule has 3 rings (SSSR count). The van der Waals surface area contributed by atoms with Crippen LogP contribution in [0.3, 0.4) is 0 Å². The highest BCUT2D eigenvalue weighted by Gasteiger charge is 2.24. The third kappa shape index (κ3) is 2.38. The molecule has 0 saturated heterocycles. The molecule has 1 aromatic heterocycles. The van der Waals surface area contributed by atoms with E-state index in [1.807, 2.05) is 6.92 Å². The summed E-state index contributed by atoms with van der Waals surface area (Å²) in [7, 11) is 0. The van der Waals surface area contributed by atoms with Gasteiger partial charge in [0.15, 0.2) is 0 Å². The number of hydrogen-bond donors (Lipinski definition) is 1. The Labute approximate surface area is 118 Å². The summed E-state index contributed by atoms with van der Waals surface area (Å²) in [6.45, 7) is 1.86. The number of hydrogen-bond acceptors (Lipinski definition) is 3. The molecular weight excluding hydrogens is 253 g/mol. The van der Waals surface area contributed by atoms with Crippen LogP contribution in [0.15, 0.2) is 24.3 Å². The predicted octanol–water partition coefficient (Wildman–Crippen LogP) is 3.83. The van der Waals surface area contributed by atoms with E-state index >= 15 is 0 Å². The van der Waals surface area contributed by atoms with Crippen molar-refractivity contribution in [2.24, 2.45) is 0 Å². The molecule has 0 unspecified atom stereocenters. The van der Waals surface area contributed by atoms with Crippen LogP contribution in [0.2, 0.25) is 0 Å². The van der Waals surface area contributed by atoms with Crippen LogP contribution in [0, 0.1) is 12.7 Å². The molecule has 0 bridgehead atoms. The zero-order chi connectivity index (χ0) is 14.1. The number of anilines is 1. The summed E-state index contributed by atoms with van der Waals surface area (Å²) in [5.41, 5.74) is 8.91. The third-order valence-electron chi connectivity index (χ3n) is 3.95. The standard InChI is InChI=1S/C16H18FN3/c1-10-19-15(12-4-2-3-5-12)14(16(18)20-10)11-6-8-13(17)9-7-11/h6-9,12H,2-5H2,1H3,(H2,18,19,20). The number of halogens is 1. The Balaban J connectivity index is 2.14. The van der Waals surface area contributed by atoms with Gasteiger partial charge in [0.1, 0.15) is 17.5 Å². The van der Waals surface area contributed by atoms with Crippen LogP contribution in [0.5, 0.6) is 0 Å². The van der Waals surface area contributed by atoms with Crippen LogP contribution in [0.4, 0.5) is 10.2 Å². The minimum atomic E-state index is -0.247. The fourth-order valence-electron chi connectivity index (χ4n) is 3.02. The predicted molar refractivity (Wildman–Crippen MR) is 77.8 cm³/mol. The number of nitrogens with zero attached hydrogens (tertiary/aromatic N) is 2. The second kappa shape index (κ2) is 5.19. The average molecular weight is 271 g/mol. The summed E-state index contributed by atoms with van der Waals surface area (Å²) >= 11 is 0. The van der Waals surface area contributed by atoms with Crippen molar-refractivity contribution in [2.45, 2.75) is 38.5 Å². The van der Waals surface area contributed by atoms with Gasteiger partial charge in [0.2, 0.25) is 0 Å². The molecule has 0 spiro atoms. The Kier molecular flexibility index (Phi) is 3.38. The van der Waals surface area contributed by atoms with Gasteiger partial charge < -0.3 is 5.73 Å². The van der Waals surface area contributed by atoms with Crippen molar-refractivity contribution in [2.75, 3.05) is 5.73 Å². The summed E-state index contributed by atoms with van der Waals surface area (Å²) in [5.74, 6) is 1.39. The second-order valence-corrected chi connectivity index (χ2v) is 5.40. The van der Waals surface area contributed by atoms with E-state index in [1.54, 1.807) is 12.1 Å². The zero-order valence-electron chi connectivity index (χ0n) is 11.6. The first-order valence-electron chi connectivity index (χ1n) is 7.05. The number of aromatic nitrogens is 2. The fraction of sp³-hybridized carbons (Fsp3) is 0.375. The molecule has 1 aromatic carbocycles. The lowest BCUT2D eigenvalue weighted by Gasteiger charge is -2.16. The largest absolute Gasteiger partial charge is 0.383 e. The molecule has 104 valence electrons. The van der Waals surface area contributed by atoms with Crippen LogP contribution < -0.4 is 5.73 Å². The highest BCUT2D eigenvalue weighted by molar-refractivity contribution is 5.76. The smallest absolute Gasteiger partial charge is 0.135 e. The minimum Gasteiger partial charge on any atom is -0.383 e. The van der Waals surface area contributed by atoms with E-state index in [9.17, 15) is 4.39 Å². The third-order valence-corrected chi connectivity index (χ3v) is 3.95. The number of nitrogens with two attached hydrogens (primary N) is 1. The van der Waals surface area contributed by atoms with Crippen molar-refractivity contribution in [1.29, 1.82) is 0 Å². The molecule has 20 heavy (non-hydrogen) atoms. The van der Waals surface area contributed by atoms with Crippen molar-refractivity contribution in [3.8, 4) is 11.1 Å². The maximum absolute atomic E-state index is 13.1. The quantitative estimate of drug-likeness (QED) is 0.903. The molecule has 3 nitrogen and oxygen atoms in total. The van der Waals surface area contributed by atoms with Gasteiger partial charge in [0.25, 0.3) is 0 Å². The monoisotopic (exact) mass is 271 g/mol. The Morgan fingerprint density at radius 3 is 2.40 bits per heavy atom. The first kappa shape index (κ1) is 13.0. The van der Waals surface area contributed by atoms with E-state index in [2.05, 4.69) is 9.97 Å². The molecule has 1 aliphatic carbocycles. The van der Waals surface area contributed by atoms with E-state index in [-0.39, 0.29) is 5.82 Å². The van der Waals surface area contributed by atoms with Gasteiger partial charge in [0, 0.05) is 11.5 Å². The van der Waals surface area contributed by atoms with Crippen LogP contribution in [0.1, 0.15) is 43.1 Å². The average Bonchev–Trinajstić information content (AvgIpc) is 2.93. The number of aryl methyl sites for hydroxylation is 1. The molecule has 0 atom stereocenters. The molecule has 0 radical (unpaired) electrons. The van der Waals surface area contributed by atoms with Crippen LogP contribution in [-0.2, 0) is 0 Å². The van der Waals surface area contributed by atoms with E-state index in [0.29, 0.717) is 17.6 Å². The highest BCUT2D eigenvalue weighted by Crippen LogP contribution is 2.40. The van der Waals surface area contributed by atoms with Crippen LogP contribution in [0.25, 0.3) is 11.1 Å². The normalized spacial score (nSPS) is 15.7. The lowest BCUT2D eigenvalue weighted by atomic mass is 9.94. The maximum atomic E-state index is 13.1. The van der Waals surface area contributed by atoms with Crippen molar-refractivity contribution < 1.29 is 4.39 Å². The molecule has 1 saturated carbocycles. The van der Waals surface area contributed by atoms with E-state index in [1.165, 1.54) is 25.0 Å². The molecule has 2 N–H and O–H groups in total. The first-order valence-corrected chi connectivity index (χ1v) is 7.05. The summed E-state index contributed by atoms with van der Waals surface area (Å²) in [6, 6.07) is 6.40. The summed E-state index contributed by atoms with van der Waals surface area (Å²) in [4.78, 5) is 8.91. The van der Waals surface area contributed by atoms with E-state index in [0.717, 1.165) is 29.7 Å². The van der Waals surface area contributed by atoms with Crippen molar-refractivity contribution in [1.82, 2.24) is 9.97 Å². The lowest BCUT2D eigenvalue weighted by molar-refractivity contribution is 0.628. The van der Waals surface area contributed by atoms with Gasteiger partial charge in [-0.2, -0.15) is 0 Å². The summed E-state index contributed by atoms with van der Waals surface area (Å²) in [6.07, 6.45) is 4.75. The summed E-state index contributed by atoms with van der Waals surface area (Å²) in [5, 5.41) is 0. The molecule has 4 heteroatoms. The van der Waals surface area contributed by atoms with Gasteiger partial charge in [-0.3, -0.25) is 0 Å². The second-order valence-electron chi connectivity index (χ2n) is 5.40. The maximum Gasteiger partial charge on any atom is 0.135 e. The Morgan fingerprint density at radius 2 is 1.75 bits per heavy atom. The summed E-state index contributed by atoms with van der Waals surface area (Å²) < 4.78 is 13.1. The van der Waals surface area contributed by atoms with Crippen LogP contribution in [-0.4, -0.2) is 9.97 Å². The first-order chi connectivity index (χ1) is 9.65. The number of rotatable bonds is 2. The fourth-order valence-corrected chi connectivity index (χ4v) is 3.02. The van der Waals surface area contributed by atoms with Crippen LogP contribution >= 0.6 is 0 Å². The number of nitrogen functional groups attached to an aromatic ring is 1. The van der Waals surface area contributed by atoms with Crippen molar-refractivity contribution >= 4 is 5.82 Å². The molecule has 2 aromatic rings. The molecule has 1 heterocycles. The molecular formula is C16H18FN3. The molecule has 1 fully saturated rings. The highest BCUT2D eigenvalue weighted by atomic mass is 19.1. The lowest BCUT2D eigenvalue weighted by Crippen LogP contribution is -2.07.